The first-order valence-electron chi connectivity index (χ1n) is 4.21. The Hall–Kier alpha value is -1.10. The molecule has 0 radical (unpaired) electrons. The predicted molar refractivity (Wildman–Crippen MR) is 64.5 cm³/mol. The second kappa shape index (κ2) is 4.82. The fourth-order valence-corrected chi connectivity index (χ4v) is 1.67. The molecule has 0 amide bonds. The van der Waals surface area contributed by atoms with Crippen molar-refractivity contribution in [1.82, 2.24) is 14.9 Å². The summed E-state index contributed by atoms with van der Waals surface area (Å²) in [4.78, 5) is 0. The van der Waals surface area contributed by atoms with E-state index >= 15 is 0 Å². The summed E-state index contributed by atoms with van der Waals surface area (Å²) in [5, 5.41) is 12.5. The van der Waals surface area contributed by atoms with Crippen LogP contribution in [0.3, 0.4) is 0 Å². The van der Waals surface area contributed by atoms with Crippen LogP contribution in [0, 0.1) is 0 Å². The van der Waals surface area contributed by atoms with Gasteiger partial charge in [0.05, 0.1) is 21.3 Å². The molecule has 0 atom stereocenters. The zero-order valence-corrected chi connectivity index (χ0v) is 10.1. The highest BCUT2D eigenvalue weighted by molar-refractivity contribution is 6.45. The Morgan fingerprint density at radius 2 is 1.69 bits per heavy atom. The molecule has 0 saturated carbocycles. The number of hydrogen-bond donors (Lipinski definition) is 0. The molecule has 2 aromatic rings. The summed E-state index contributed by atoms with van der Waals surface area (Å²) in [7, 11) is 0. The lowest BCUT2D eigenvalue weighted by atomic mass is 10.2. The molecule has 0 bridgehead atoms. The van der Waals surface area contributed by atoms with Crippen LogP contribution in [0.4, 0.5) is 0 Å². The Bertz CT molecular complexity index is 522. The van der Waals surface area contributed by atoms with Crippen LogP contribution in [0.15, 0.2) is 29.9 Å². The van der Waals surface area contributed by atoms with Crippen LogP contribution >= 0.6 is 34.8 Å². The number of halogens is 3. The van der Waals surface area contributed by atoms with Crippen molar-refractivity contribution in [3.63, 3.8) is 0 Å². The van der Waals surface area contributed by atoms with Crippen molar-refractivity contribution < 1.29 is 0 Å². The predicted octanol–water partition coefficient (Wildman–Crippen LogP) is 3.12. The maximum Gasteiger partial charge on any atom is 0.141 e. The molecule has 0 N–H and O–H groups in total. The average Bonchev–Trinajstić information content (AvgIpc) is 2.77. The minimum atomic E-state index is 0.367. The molecule has 2 rings (SSSR count). The molecule has 7 heteroatoms. The van der Waals surface area contributed by atoms with E-state index in [2.05, 4.69) is 15.3 Å². The number of benzene rings is 1. The van der Waals surface area contributed by atoms with Gasteiger partial charge in [0, 0.05) is 5.56 Å². The third kappa shape index (κ3) is 2.35. The minimum Gasteiger partial charge on any atom is -0.208 e. The fraction of sp³-hybridized carbons (Fsp3) is 0. The quantitative estimate of drug-likeness (QED) is 0.624. The van der Waals surface area contributed by atoms with Gasteiger partial charge < -0.3 is 0 Å². The maximum atomic E-state index is 5.99. The van der Waals surface area contributed by atoms with E-state index in [4.69, 9.17) is 34.8 Å². The van der Waals surface area contributed by atoms with Crippen LogP contribution in [-0.2, 0) is 0 Å². The monoisotopic (exact) mass is 274 g/mol. The van der Waals surface area contributed by atoms with E-state index in [9.17, 15) is 0 Å². The maximum absolute atomic E-state index is 5.99. The molecule has 1 aromatic heterocycles. The van der Waals surface area contributed by atoms with Gasteiger partial charge in [-0.25, -0.2) is 4.68 Å². The van der Waals surface area contributed by atoms with Crippen LogP contribution < -0.4 is 0 Å². The van der Waals surface area contributed by atoms with Crippen molar-refractivity contribution in [2.24, 2.45) is 5.10 Å². The van der Waals surface area contributed by atoms with E-state index in [0.29, 0.717) is 20.6 Å². The van der Waals surface area contributed by atoms with Crippen molar-refractivity contribution in [2.45, 2.75) is 0 Å². The summed E-state index contributed by atoms with van der Waals surface area (Å²) in [5.41, 5.74) is 0.560. The van der Waals surface area contributed by atoms with E-state index in [-0.39, 0.29) is 0 Å². The van der Waals surface area contributed by atoms with Gasteiger partial charge in [0.1, 0.15) is 12.7 Å². The number of hydrogen-bond acceptors (Lipinski definition) is 3. The molecule has 0 fully saturated rings. The number of rotatable bonds is 2. The van der Waals surface area contributed by atoms with Crippen LogP contribution in [0.25, 0.3) is 0 Å². The standard InChI is InChI=1S/C9H5Cl3N4/c10-7-1-2-8(11)9(12)6(7)3-15-16-4-13-14-5-16/h1-5H/b15-3-. The van der Waals surface area contributed by atoms with Crippen molar-refractivity contribution >= 4 is 41.0 Å². The molecule has 1 aromatic carbocycles. The van der Waals surface area contributed by atoms with Gasteiger partial charge in [-0.3, -0.25) is 0 Å². The first-order valence-corrected chi connectivity index (χ1v) is 5.34. The third-order valence-electron chi connectivity index (χ3n) is 1.81. The van der Waals surface area contributed by atoms with Gasteiger partial charge in [-0.05, 0) is 12.1 Å². The van der Waals surface area contributed by atoms with Crippen LogP contribution in [0.1, 0.15) is 5.56 Å². The highest BCUT2D eigenvalue weighted by atomic mass is 35.5. The van der Waals surface area contributed by atoms with Gasteiger partial charge in [0.15, 0.2) is 0 Å². The Balaban J connectivity index is 2.38. The lowest BCUT2D eigenvalue weighted by molar-refractivity contribution is 0.878. The smallest absolute Gasteiger partial charge is 0.141 e. The average molecular weight is 276 g/mol. The van der Waals surface area contributed by atoms with Crippen molar-refractivity contribution in [1.29, 1.82) is 0 Å². The topological polar surface area (TPSA) is 43.1 Å². The molecular weight excluding hydrogens is 270 g/mol. The molecular formula is C9H5Cl3N4. The molecule has 4 nitrogen and oxygen atoms in total. The third-order valence-corrected chi connectivity index (χ3v) is 2.95. The minimum absolute atomic E-state index is 0.367. The Morgan fingerprint density at radius 3 is 2.38 bits per heavy atom. The van der Waals surface area contributed by atoms with E-state index in [1.807, 2.05) is 0 Å². The lowest BCUT2D eigenvalue weighted by Crippen LogP contribution is -1.90. The molecule has 82 valence electrons. The largest absolute Gasteiger partial charge is 0.208 e. The van der Waals surface area contributed by atoms with Gasteiger partial charge in [0.25, 0.3) is 0 Å². The molecule has 0 aliphatic carbocycles. The van der Waals surface area contributed by atoms with Crippen LogP contribution in [0.5, 0.6) is 0 Å². The summed E-state index contributed by atoms with van der Waals surface area (Å²) in [6.45, 7) is 0. The molecule has 16 heavy (non-hydrogen) atoms. The zero-order chi connectivity index (χ0) is 11.5. The van der Waals surface area contributed by atoms with Gasteiger partial charge in [-0.15, -0.1) is 10.2 Å². The summed E-state index contributed by atoms with van der Waals surface area (Å²) >= 11 is 17.8. The van der Waals surface area contributed by atoms with Gasteiger partial charge in [-0.1, -0.05) is 34.8 Å². The second-order valence-electron chi connectivity index (χ2n) is 2.84. The molecule has 0 aliphatic heterocycles. The van der Waals surface area contributed by atoms with E-state index in [1.165, 1.54) is 23.5 Å². The van der Waals surface area contributed by atoms with Gasteiger partial charge >= 0.3 is 0 Å². The summed E-state index contributed by atoms with van der Waals surface area (Å²) in [6, 6.07) is 3.28. The molecule has 0 spiro atoms. The Kier molecular flexibility index (Phi) is 3.43. The SMILES string of the molecule is Clc1ccc(Cl)c(/C=N\n2cnnc2)c1Cl. The van der Waals surface area contributed by atoms with Crippen LogP contribution in [-0.4, -0.2) is 21.1 Å². The van der Waals surface area contributed by atoms with E-state index in [0.717, 1.165) is 0 Å². The molecule has 1 heterocycles. The van der Waals surface area contributed by atoms with E-state index in [1.54, 1.807) is 12.1 Å². The Morgan fingerprint density at radius 1 is 1.06 bits per heavy atom. The highest BCUT2D eigenvalue weighted by Crippen LogP contribution is 2.29. The second-order valence-corrected chi connectivity index (χ2v) is 4.04. The number of aromatic nitrogens is 3. The van der Waals surface area contributed by atoms with Crippen molar-refractivity contribution in [3.8, 4) is 0 Å². The summed E-state index contributed by atoms with van der Waals surface area (Å²) in [5.74, 6) is 0. The first-order chi connectivity index (χ1) is 7.68. The molecule has 0 aliphatic rings. The molecule has 0 saturated heterocycles. The van der Waals surface area contributed by atoms with Gasteiger partial charge in [-0.2, -0.15) is 5.10 Å². The normalized spacial score (nSPS) is 11.2. The first kappa shape index (κ1) is 11.4. The summed E-state index contributed by atoms with van der Waals surface area (Å²) in [6.07, 6.45) is 4.39. The Labute approximate surface area is 106 Å². The number of nitrogens with zero attached hydrogens (tertiary/aromatic N) is 4. The van der Waals surface area contributed by atoms with Crippen LogP contribution in [0.2, 0.25) is 15.1 Å². The van der Waals surface area contributed by atoms with E-state index < -0.39 is 0 Å². The highest BCUT2D eigenvalue weighted by Gasteiger charge is 2.07. The molecule has 0 unspecified atom stereocenters. The van der Waals surface area contributed by atoms with Crippen molar-refractivity contribution in [3.05, 3.63) is 45.4 Å². The summed E-state index contributed by atoms with van der Waals surface area (Å²) < 4.78 is 1.42. The fourth-order valence-electron chi connectivity index (χ4n) is 1.04. The lowest BCUT2D eigenvalue weighted by Gasteiger charge is -2.02. The van der Waals surface area contributed by atoms with Crippen molar-refractivity contribution in [2.75, 3.05) is 0 Å². The zero-order valence-electron chi connectivity index (χ0n) is 7.81. The van der Waals surface area contributed by atoms with Gasteiger partial charge in [0.2, 0.25) is 0 Å².